The number of hydrogen-bond donors (Lipinski definition) is 0. The van der Waals surface area contributed by atoms with E-state index in [1.807, 2.05) is 6.07 Å². The third kappa shape index (κ3) is 3.18. The number of fused-ring (bicyclic) bond motifs is 1. The van der Waals surface area contributed by atoms with Crippen molar-refractivity contribution < 1.29 is 18.7 Å². The molecular weight excluding hydrogens is 403 g/mol. The van der Waals surface area contributed by atoms with Gasteiger partial charge in [0.05, 0.1) is 18.1 Å². The zero-order valence-corrected chi connectivity index (χ0v) is 14.6. The van der Waals surface area contributed by atoms with Crippen LogP contribution in [0.25, 0.3) is 10.8 Å². The maximum absolute atomic E-state index is 13.7. The van der Waals surface area contributed by atoms with E-state index in [2.05, 4.69) is 30.9 Å². The van der Waals surface area contributed by atoms with Crippen LogP contribution < -0.4 is 4.74 Å². The van der Waals surface area contributed by atoms with Crippen LogP contribution in [0.15, 0.2) is 40.9 Å². The Bertz CT molecular complexity index is 952. The van der Waals surface area contributed by atoms with E-state index >= 15 is 0 Å². The smallest absolute Gasteiger partial charge is 0.340 e. The molecule has 0 saturated heterocycles. The quantitative estimate of drug-likeness (QED) is 0.581. The summed E-state index contributed by atoms with van der Waals surface area (Å²) in [5.74, 6) is -1.11. The Balaban J connectivity index is 2.06. The molecule has 2 aromatic carbocycles. The second-order valence-corrected chi connectivity index (χ2v) is 5.99. The van der Waals surface area contributed by atoms with Crippen LogP contribution in [0.1, 0.15) is 10.4 Å². The number of aromatic nitrogens is 2. The lowest BCUT2D eigenvalue weighted by Crippen LogP contribution is -2.04. The fraction of sp³-hybridized carbons (Fsp3) is 0.0625. The Hall–Kier alpha value is -2.25. The Morgan fingerprint density at radius 3 is 2.71 bits per heavy atom. The first-order chi connectivity index (χ1) is 11.5. The van der Waals surface area contributed by atoms with Crippen molar-refractivity contribution in [2.24, 2.45) is 0 Å². The minimum atomic E-state index is -0.798. The molecule has 8 heteroatoms. The fourth-order valence-electron chi connectivity index (χ4n) is 2.09. The summed E-state index contributed by atoms with van der Waals surface area (Å²) in [7, 11) is 1.17. The summed E-state index contributed by atoms with van der Waals surface area (Å²) in [5, 5.41) is 9.27. The van der Waals surface area contributed by atoms with Gasteiger partial charge in [-0.1, -0.05) is 27.5 Å². The molecular formula is C16H9BrClFN2O3. The highest BCUT2D eigenvalue weighted by molar-refractivity contribution is 9.10. The molecule has 0 radical (unpaired) electrons. The average Bonchev–Trinajstić information content (AvgIpc) is 2.58. The molecule has 0 aliphatic rings. The van der Waals surface area contributed by atoms with Crippen molar-refractivity contribution >= 4 is 44.3 Å². The maximum Gasteiger partial charge on any atom is 0.340 e. The average molecular weight is 412 g/mol. The highest BCUT2D eigenvalue weighted by Crippen LogP contribution is 2.33. The van der Waals surface area contributed by atoms with Crippen LogP contribution >= 0.6 is 27.5 Å². The van der Waals surface area contributed by atoms with Gasteiger partial charge < -0.3 is 9.47 Å². The van der Waals surface area contributed by atoms with E-state index in [0.29, 0.717) is 10.8 Å². The second kappa shape index (κ2) is 6.70. The Morgan fingerprint density at radius 2 is 1.96 bits per heavy atom. The number of hydrogen-bond acceptors (Lipinski definition) is 5. The van der Waals surface area contributed by atoms with Crippen molar-refractivity contribution in [3.63, 3.8) is 0 Å². The molecule has 3 rings (SSSR count). The standard InChI is InChI=1S/C16H9BrClFN2O3/c1-23-16(22)12-7-9(3-5-13(12)19)24-15-11-6-8(17)2-4-10(11)14(18)20-21-15/h2-7H,1H3. The van der Waals surface area contributed by atoms with Gasteiger partial charge in [0, 0.05) is 9.86 Å². The van der Waals surface area contributed by atoms with Gasteiger partial charge in [-0.3, -0.25) is 0 Å². The molecule has 0 aliphatic heterocycles. The fourth-order valence-corrected chi connectivity index (χ4v) is 2.66. The SMILES string of the molecule is COC(=O)c1cc(Oc2nnc(Cl)c3ccc(Br)cc23)ccc1F. The predicted octanol–water partition coefficient (Wildman–Crippen LogP) is 4.76. The van der Waals surface area contributed by atoms with Crippen molar-refractivity contribution in [1.82, 2.24) is 10.2 Å². The van der Waals surface area contributed by atoms with E-state index in [1.165, 1.54) is 19.2 Å². The number of rotatable bonds is 3. The first-order valence-electron chi connectivity index (χ1n) is 6.66. The molecule has 122 valence electrons. The van der Waals surface area contributed by atoms with Crippen LogP contribution in [0.3, 0.4) is 0 Å². The summed E-state index contributed by atoms with van der Waals surface area (Å²) in [5.41, 5.74) is -0.234. The molecule has 0 atom stereocenters. The normalized spacial score (nSPS) is 10.7. The number of nitrogens with zero attached hydrogens (tertiary/aromatic N) is 2. The van der Waals surface area contributed by atoms with Gasteiger partial charge in [0.15, 0.2) is 5.15 Å². The molecule has 0 N–H and O–H groups in total. The number of ether oxygens (including phenoxy) is 2. The molecule has 0 fully saturated rings. The van der Waals surface area contributed by atoms with Crippen molar-refractivity contribution in [3.05, 3.63) is 57.4 Å². The van der Waals surface area contributed by atoms with E-state index in [0.717, 1.165) is 10.5 Å². The molecule has 5 nitrogen and oxygen atoms in total. The van der Waals surface area contributed by atoms with Gasteiger partial charge in [0.25, 0.3) is 0 Å². The first-order valence-corrected chi connectivity index (χ1v) is 7.84. The van der Waals surface area contributed by atoms with Crippen molar-refractivity contribution in [3.8, 4) is 11.6 Å². The summed E-state index contributed by atoms with van der Waals surface area (Å²) in [6.45, 7) is 0. The van der Waals surface area contributed by atoms with Gasteiger partial charge in [0.1, 0.15) is 11.6 Å². The highest BCUT2D eigenvalue weighted by atomic mass is 79.9. The third-order valence-electron chi connectivity index (χ3n) is 3.22. The summed E-state index contributed by atoms with van der Waals surface area (Å²) < 4.78 is 24.7. The second-order valence-electron chi connectivity index (χ2n) is 4.72. The summed E-state index contributed by atoms with van der Waals surface area (Å²) >= 11 is 9.40. The molecule has 0 aliphatic carbocycles. The molecule has 0 saturated carbocycles. The Kier molecular flexibility index (Phi) is 4.64. The van der Waals surface area contributed by atoms with Crippen molar-refractivity contribution in [2.45, 2.75) is 0 Å². The van der Waals surface area contributed by atoms with Crippen LogP contribution in [-0.4, -0.2) is 23.3 Å². The maximum atomic E-state index is 13.7. The summed E-state index contributed by atoms with van der Waals surface area (Å²) in [4.78, 5) is 11.6. The van der Waals surface area contributed by atoms with Gasteiger partial charge in [-0.2, -0.15) is 0 Å². The molecule has 1 heterocycles. The number of carbonyl (C=O) groups is 1. The minimum Gasteiger partial charge on any atom is -0.465 e. The molecule has 0 unspecified atom stereocenters. The lowest BCUT2D eigenvalue weighted by atomic mass is 10.2. The van der Waals surface area contributed by atoms with Crippen molar-refractivity contribution in [1.29, 1.82) is 0 Å². The lowest BCUT2D eigenvalue weighted by Gasteiger charge is -2.09. The topological polar surface area (TPSA) is 61.3 Å². The largest absolute Gasteiger partial charge is 0.465 e. The predicted molar refractivity (Wildman–Crippen MR) is 90.1 cm³/mol. The Morgan fingerprint density at radius 1 is 1.17 bits per heavy atom. The summed E-state index contributed by atoms with van der Waals surface area (Å²) in [6.07, 6.45) is 0. The van der Waals surface area contributed by atoms with Gasteiger partial charge in [-0.15, -0.1) is 10.2 Å². The highest BCUT2D eigenvalue weighted by Gasteiger charge is 2.15. The van der Waals surface area contributed by atoms with Crippen LogP contribution in [0.2, 0.25) is 5.15 Å². The van der Waals surface area contributed by atoms with Gasteiger partial charge in [-0.25, -0.2) is 9.18 Å². The number of methoxy groups -OCH3 is 1. The zero-order chi connectivity index (χ0) is 17.3. The number of halogens is 3. The molecule has 24 heavy (non-hydrogen) atoms. The van der Waals surface area contributed by atoms with Crippen LogP contribution in [0.5, 0.6) is 11.6 Å². The van der Waals surface area contributed by atoms with E-state index in [-0.39, 0.29) is 22.3 Å². The lowest BCUT2D eigenvalue weighted by molar-refractivity contribution is 0.0595. The van der Waals surface area contributed by atoms with Gasteiger partial charge in [0.2, 0.25) is 5.88 Å². The zero-order valence-electron chi connectivity index (χ0n) is 12.2. The van der Waals surface area contributed by atoms with Crippen LogP contribution in [0, 0.1) is 5.82 Å². The van der Waals surface area contributed by atoms with E-state index in [4.69, 9.17) is 16.3 Å². The number of benzene rings is 2. The van der Waals surface area contributed by atoms with E-state index in [9.17, 15) is 9.18 Å². The van der Waals surface area contributed by atoms with Gasteiger partial charge in [-0.05, 0) is 36.4 Å². The van der Waals surface area contributed by atoms with Crippen LogP contribution in [-0.2, 0) is 4.74 Å². The van der Waals surface area contributed by atoms with Crippen molar-refractivity contribution in [2.75, 3.05) is 7.11 Å². The minimum absolute atomic E-state index is 0.179. The van der Waals surface area contributed by atoms with E-state index < -0.39 is 11.8 Å². The molecule has 0 amide bonds. The summed E-state index contributed by atoms with van der Waals surface area (Å²) in [6, 6.07) is 9.09. The molecule has 3 aromatic rings. The first kappa shape index (κ1) is 16.6. The van der Waals surface area contributed by atoms with Gasteiger partial charge >= 0.3 is 5.97 Å². The van der Waals surface area contributed by atoms with E-state index in [1.54, 1.807) is 12.1 Å². The molecule has 0 spiro atoms. The monoisotopic (exact) mass is 410 g/mol. The Labute approximate surface area is 149 Å². The molecule has 1 aromatic heterocycles. The number of esters is 1. The third-order valence-corrected chi connectivity index (χ3v) is 3.99. The molecule has 0 bridgehead atoms. The van der Waals surface area contributed by atoms with Crippen LogP contribution in [0.4, 0.5) is 4.39 Å². The number of carbonyl (C=O) groups excluding carboxylic acids is 1.